The van der Waals surface area contributed by atoms with E-state index in [1.165, 1.54) is 88.3 Å². The summed E-state index contributed by atoms with van der Waals surface area (Å²) in [5.74, 6) is 0. The van der Waals surface area contributed by atoms with Gasteiger partial charge in [0.25, 0.3) is 0 Å². The molecular weight excluding hydrogens is 1370 g/mol. The molecule has 20 rings (SSSR count). The van der Waals surface area contributed by atoms with Crippen LogP contribution in [0, 0.1) is 0 Å². The van der Waals surface area contributed by atoms with Gasteiger partial charge in [-0.3, -0.25) is 0 Å². The summed E-state index contributed by atoms with van der Waals surface area (Å²) in [6.45, 7) is 0. The Hall–Kier alpha value is -14.4. The zero-order chi connectivity index (χ0) is 75.9. The summed E-state index contributed by atoms with van der Waals surface area (Å²) in [5.41, 5.74) is 24.3. The van der Waals surface area contributed by atoms with E-state index >= 15 is 0 Å². The lowest BCUT2D eigenvalue weighted by molar-refractivity contribution is 0.716. The first-order valence-electron chi connectivity index (χ1n) is 39.6. The fraction of sp³-hybridized carbons (Fsp3) is 0.0357. The van der Waals surface area contributed by atoms with Gasteiger partial charge in [0, 0.05) is 32.9 Å². The van der Waals surface area contributed by atoms with Crippen LogP contribution in [0.3, 0.4) is 0 Å². The molecule has 0 amide bonds. The summed E-state index contributed by atoms with van der Waals surface area (Å²) in [5, 5.41) is 4.68. The highest BCUT2D eigenvalue weighted by atomic mass is 15.0. The lowest BCUT2D eigenvalue weighted by Crippen LogP contribution is -2.34. The molecule has 0 fully saturated rings. The van der Waals surface area contributed by atoms with Crippen molar-refractivity contribution in [2.75, 3.05) is 0 Å². The minimum absolute atomic E-state index is 0.794. The number of hydrogen-bond acceptors (Lipinski definition) is 0. The van der Waals surface area contributed by atoms with Gasteiger partial charge >= 0.3 is 0 Å². The number of aromatic nitrogens is 2. The van der Waals surface area contributed by atoms with Crippen molar-refractivity contribution in [1.82, 2.24) is 9.13 Å². The molecule has 0 unspecified atom stereocenters. The highest BCUT2D eigenvalue weighted by Crippen LogP contribution is 2.55. The molecule has 18 aromatic carbocycles. The van der Waals surface area contributed by atoms with E-state index in [2.05, 4.69) is 494 Å². The molecule has 538 valence electrons. The Morgan fingerprint density at radius 2 is 0.289 bits per heavy atom. The molecular formula is C112H80N2. The lowest BCUT2D eigenvalue weighted by atomic mass is 9.61. The maximum atomic E-state index is 2.54. The molecule has 0 N–H and O–H groups in total. The van der Waals surface area contributed by atoms with Crippen LogP contribution in [0.4, 0.5) is 0 Å². The van der Waals surface area contributed by atoms with E-state index in [1.54, 1.807) is 0 Å². The van der Waals surface area contributed by atoms with Crippen molar-refractivity contribution >= 4 is 43.6 Å². The minimum Gasteiger partial charge on any atom is -0.309 e. The average Bonchev–Trinajstić information content (AvgIpc) is 1.02. The summed E-state index contributed by atoms with van der Waals surface area (Å²) >= 11 is 0. The van der Waals surface area contributed by atoms with Gasteiger partial charge in [0.2, 0.25) is 0 Å². The van der Waals surface area contributed by atoms with Gasteiger partial charge in [-0.25, -0.2) is 0 Å². The maximum absolute atomic E-state index is 2.54. The van der Waals surface area contributed by atoms with Crippen LogP contribution in [0.5, 0.6) is 0 Å². The molecule has 0 atom stereocenters. The molecule has 0 aliphatic heterocycles. The Balaban J connectivity index is 0.834. The van der Waals surface area contributed by atoms with Crippen molar-refractivity contribution < 1.29 is 0 Å². The van der Waals surface area contributed by atoms with Gasteiger partial charge in [-0.05, 0) is 161 Å². The molecule has 2 heteroatoms. The molecule has 0 aliphatic carbocycles. The zero-order valence-electron chi connectivity index (χ0n) is 63.1. The SMILES string of the molecule is c1ccc(C(c2ccccc2)(c2ccccc2)c2cc(-n3c4ccccc4c4cc(-c5ccc6c(c5)c5ccccc5n6-c5cc(C(c6ccccc6)(c6ccccc6)c6ccccc6)cc(C(c6ccccc6)(c6ccccc6)c6ccccc6)c5)ccc43)cc(C(c3ccccc3)(c3ccccc3)c3ccccc3)c2)cc1. The molecule has 0 bridgehead atoms. The fourth-order valence-corrected chi connectivity index (χ4v) is 19.5. The molecule has 0 aliphatic rings. The molecule has 0 saturated heterocycles. The molecule has 2 aromatic heterocycles. The van der Waals surface area contributed by atoms with Crippen molar-refractivity contribution in [2.45, 2.75) is 21.7 Å². The van der Waals surface area contributed by atoms with Crippen LogP contribution in [-0.2, 0) is 21.7 Å². The van der Waals surface area contributed by atoms with Gasteiger partial charge < -0.3 is 9.13 Å². The lowest BCUT2D eigenvalue weighted by Gasteiger charge is -2.41. The quantitative estimate of drug-likeness (QED) is 0.0714. The van der Waals surface area contributed by atoms with E-state index in [0.29, 0.717) is 0 Å². The van der Waals surface area contributed by atoms with Crippen LogP contribution in [0.25, 0.3) is 66.1 Å². The second-order valence-electron chi connectivity index (χ2n) is 30.1. The fourth-order valence-electron chi connectivity index (χ4n) is 19.5. The normalized spacial score (nSPS) is 12.0. The first-order chi connectivity index (χ1) is 56.5. The molecule has 2 nitrogen and oxygen atoms in total. The van der Waals surface area contributed by atoms with Crippen molar-refractivity contribution in [3.8, 4) is 22.5 Å². The maximum Gasteiger partial charge on any atom is 0.0702 e. The molecule has 20 aromatic rings. The summed E-state index contributed by atoms with van der Waals surface area (Å²) in [6, 6.07) is 182. The summed E-state index contributed by atoms with van der Waals surface area (Å²) in [4.78, 5) is 0. The van der Waals surface area contributed by atoms with Crippen molar-refractivity contribution in [2.24, 2.45) is 0 Å². The van der Waals surface area contributed by atoms with E-state index in [4.69, 9.17) is 0 Å². The Labute approximate surface area is 666 Å². The van der Waals surface area contributed by atoms with Gasteiger partial charge in [-0.1, -0.05) is 425 Å². The van der Waals surface area contributed by atoms with Crippen molar-refractivity contribution in [1.29, 1.82) is 0 Å². The van der Waals surface area contributed by atoms with Crippen LogP contribution >= 0.6 is 0 Å². The summed E-state index contributed by atoms with van der Waals surface area (Å²) in [7, 11) is 0. The van der Waals surface area contributed by atoms with E-state index in [1.807, 2.05) is 0 Å². The van der Waals surface area contributed by atoms with Crippen LogP contribution in [-0.4, -0.2) is 9.13 Å². The third-order valence-electron chi connectivity index (χ3n) is 24.2. The average molecular weight is 1450 g/mol. The number of para-hydroxylation sites is 2. The number of rotatable bonds is 19. The van der Waals surface area contributed by atoms with Gasteiger partial charge in [0.05, 0.1) is 43.7 Å². The second kappa shape index (κ2) is 29.1. The van der Waals surface area contributed by atoms with Crippen molar-refractivity contribution in [3.63, 3.8) is 0 Å². The molecule has 2 heterocycles. The van der Waals surface area contributed by atoms with E-state index in [0.717, 1.165) is 66.8 Å². The number of benzene rings is 18. The first kappa shape index (κ1) is 68.8. The topological polar surface area (TPSA) is 9.86 Å². The second-order valence-corrected chi connectivity index (χ2v) is 30.1. The number of fused-ring (bicyclic) bond motifs is 6. The van der Waals surface area contributed by atoms with E-state index in [9.17, 15) is 0 Å². The minimum atomic E-state index is -0.794. The third kappa shape index (κ3) is 11.2. The number of nitrogens with zero attached hydrogens (tertiary/aromatic N) is 2. The van der Waals surface area contributed by atoms with Gasteiger partial charge in [-0.2, -0.15) is 0 Å². The smallest absolute Gasteiger partial charge is 0.0702 e. The van der Waals surface area contributed by atoms with Gasteiger partial charge in [-0.15, -0.1) is 0 Å². The summed E-state index contributed by atoms with van der Waals surface area (Å²) in [6.07, 6.45) is 0. The van der Waals surface area contributed by atoms with E-state index < -0.39 is 21.7 Å². The third-order valence-corrected chi connectivity index (χ3v) is 24.2. The summed E-state index contributed by atoms with van der Waals surface area (Å²) < 4.78 is 5.09. The van der Waals surface area contributed by atoms with Crippen molar-refractivity contribution in [3.05, 3.63) is 574 Å². The van der Waals surface area contributed by atoms with E-state index in [-0.39, 0.29) is 0 Å². The number of hydrogen-bond donors (Lipinski definition) is 0. The highest BCUT2D eigenvalue weighted by molar-refractivity contribution is 6.13. The van der Waals surface area contributed by atoms with Gasteiger partial charge in [0.1, 0.15) is 0 Å². The van der Waals surface area contributed by atoms with Crippen LogP contribution in [0.1, 0.15) is 89.0 Å². The first-order valence-corrected chi connectivity index (χ1v) is 39.6. The van der Waals surface area contributed by atoms with Crippen LogP contribution in [0.2, 0.25) is 0 Å². The zero-order valence-corrected chi connectivity index (χ0v) is 63.1. The Kier molecular flexibility index (Phi) is 17.6. The molecule has 114 heavy (non-hydrogen) atoms. The van der Waals surface area contributed by atoms with Crippen LogP contribution in [0.15, 0.2) is 485 Å². The standard InChI is InChI=1S/C112H80N2/c1-13-41-83(42-14-1)109(84-43-15-2-16-44-84,85-45-17-3-18-46-85)95-75-96(110(86-47-19-4-20-48-86,87-49-21-5-22-50-87)88-51-23-6-24-52-88)78-99(77-95)113-105-67-39-37-65-101(105)103-73-81(69-71-107(103)113)82-70-72-108-104(74-82)102-66-38-40-68-106(102)114(108)100-79-97(111(89-53-25-7-26-54-89,90-55-27-8-28-56-90)91-57-29-9-30-58-91)76-98(80-100)112(92-59-31-10-32-60-92,93-61-33-11-34-62-93)94-63-35-12-36-64-94/h1-80H. The monoisotopic (exact) mass is 1450 g/mol. The Morgan fingerprint density at radius 1 is 0.123 bits per heavy atom. The predicted octanol–water partition coefficient (Wildman–Crippen LogP) is 27.1. The molecule has 0 saturated carbocycles. The predicted molar refractivity (Wildman–Crippen MR) is 474 cm³/mol. The molecule has 0 spiro atoms. The Bertz CT molecular complexity index is 5680. The van der Waals surface area contributed by atoms with Gasteiger partial charge in [0.15, 0.2) is 0 Å². The largest absolute Gasteiger partial charge is 0.309 e. The highest BCUT2D eigenvalue weighted by Gasteiger charge is 2.46. The Morgan fingerprint density at radius 3 is 0.482 bits per heavy atom. The molecule has 0 radical (unpaired) electrons. The van der Waals surface area contributed by atoms with Crippen LogP contribution < -0.4 is 0 Å².